The van der Waals surface area contributed by atoms with Gasteiger partial charge < -0.3 is 10.0 Å². The van der Waals surface area contributed by atoms with Crippen molar-refractivity contribution in [2.75, 3.05) is 20.7 Å². The number of pyridine rings is 1. The Balaban J connectivity index is 2.00. The van der Waals surface area contributed by atoms with Crippen molar-refractivity contribution in [2.45, 2.75) is 38.6 Å². The van der Waals surface area contributed by atoms with Crippen LogP contribution in [0.4, 0.5) is 0 Å². The molecule has 1 N–H and O–H groups in total. The van der Waals surface area contributed by atoms with Crippen LogP contribution in [0.1, 0.15) is 37.8 Å². The Labute approximate surface area is 152 Å². The third-order valence-electron chi connectivity index (χ3n) is 4.38. The Kier molecular flexibility index (Phi) is 8.20. The van der Waals surface area contributed by atoms with Crippen LogP contribution in [0.2, 0.25) is 0 Å². The fraction of sp³-hybridized carbons (Fsp3) is 0.409. The Morgan fingerprint density at radius 1 is 1.08 bits per heavy atom. The third-order valence-corrected chi connectivity index (χ3v) is 4.38. The zero-order chi connectivity index (χ0) is 17.9. The molecule has 0 spiro atoms. The van der Waals surface area contributed by atoms with E-state index in [1.54, 1.807) is 0 Å². The smallest absolute Gasteiger partial charge is 0.205 e. The maximum Gasteiger partial charge on any atom is 0.205 e. The average molecular weight is 340 g/mol. The lowest BCUT2D eigenvalue weighted by atomic mass is 10.1. The molecule has 0 saturated heterocycles. The lowest BCUT2D eigenvalue weighted by molar-refractivity contribution is -0.699. The number of hydrogen-bond donors (Lipinski definition) is 1. The molecular weight excluding hydrogens is 308 g/mol. The highest BCUT2D eigenvalue weighted by atomic mass is 16.2. The summed E-state index contributed by atoms with van der Waals surface area (Å²) in [6.45, 7) is 1.33. The summed E-state index contributed by atoms with van der Waals surface area (Å²) in [6.07, 6.45) is 20.6. The second kappa shape index (κ2) is 10.7. The molecule has 1 aliphatic carbocycles. The van der Waals surface area contributed by atoms with Gasteiger partial charge in [0.05, 0.1) is 0 Å². The van der Waals surface area contributed by atoms with Crippen LogP contribution in [0.5, 0.6) is 0 Å². The van der Waals surface area contributed by atoms with Crippen molar-refractivity contribution in [2.24, 2.45) is 0 Å². The van der Waals surface area contributed by atoms with Crippen LogP contribution in [-0.4, -0.2) is 30.7 Å². The minimum atomic E-state index is 0.306. The van der Waals surface area contributed by atoms with E-state index in [1.807, 2.05) is 0 Å². The number of aliphatic hydroxyl groups is 1. The number of allylic oxidation sites excluding steroid dienone is 6. The molecule has 25 heavy (non-hydrogen) atoms. The van der Waals surface area contributed by atoms with Gasteiger partial charge in [-0.1, -0.05) is 24.6 Å². The number of unbranched alkanes of at least 4 members (excludes halogenated alkanes) is 3. The lowest BCUT2D eigenvalue weighted by Crippen LogP contribution is -2.36. The Hall–Kier alpha value is -2.13. The van der Waals surface area contributed by atoms with E-state index >= 15 is 0 Å². The molecule has 1 heterocycles. The van der Waals surface area contributed by atoms with E-state index in [-0.39, 0.29) is 0 Å². The van der Waals surface area contributed by atoms with E-state index in [4.69, 9.17) is 5.11 Å². The highest BCUT2D eigenvalue weighted by Crippen LogP contribution is 2.14. The van der Waals surface area contributed by atoms with Crippen LogP contribution < -0.4 is 4.57 Å². The Morgan fingerprint density at radius 3 is 2.72 bits per heavy atom. The van der Waals surface area contributed by atoms with Gasteiger partial charge in [-0.05, 0) is 43.1 Å². The zero-order valence-electron chi connectivity index (χ0n) is 15.6. The molecule has 1 aliphatic rings. The average Bonchev–Trinajstić information content (AvgIpc) is 2.86. The van der Waals surface area contributed by atoms with Crippen LogP contribution in [0.3, 0.4) is 0 Å². The molecule has 0 radical (unpaired) electrons. The number of aryl methyl sites for hydroxylation is 1. The van der Waals surface area contributed by atoms with Crippen LogP contribution in [0, 0.1) is 0 Å². The summed E-state index contributed by atoms with van der Waals surface area (Å²) in [4.78, 5) is 2.13. The monoisotopic (exact) mass is 339 g/mol. The molecule has 1 aromatic rings. The fourth-order valence-corrected chi connectivity index (χ4v) is 2.84. The van der Waals surface area contributed by atoms with Gasteiger partial charge in [0.2, 0.25) is 5.69 Å². The molecule has 3 heteroatoms. The Morgan fingerprint density at radius 2 is 1.92 bits per heavy atom. The van der Waals surface area contributed by atoms with Crippen LogP contribution in [0.25, 0.3) is 6.08 Å². The van der Waals surface area contributed by atoms with Gasteiger partial charge in [0.15, 0.2) is 6.20 Å². The van der Waals surface area contributed by atoms with Gasteiger partial charge in [-0.2, -0.15) is 4.57 Å². The van der Waals surface area contributed by atoms with E-state index in [2.05, 4.69) is 84.4 Å². The fourth-order valence-electron chi connectivity index (χ4n) is 2.84. The largest absolute Gasteiger partial charge is 0.396 e. The highest BCUT2D eigenvalue weighted by Gasteiger charge is 2.06. The number of likely N-dealkylation sites (N-methyl/N-ethyl adjacent to an activating group) is 1. The lowest BCUT2D eigenvalue weighted by Gasteiger charge is -2.11. The van der Waals surface area contributed by atoms with Gasteiger partial charge in [-0.15, -0.1) is 0 Å². The van der Waals surface area contributed by atoms with Gasteiger partial charge in [-0.3, -0.25) is 0 Å². The van der Waals surface area contributed by atoms with Crippen molar-refractivity contribution < 1.29 is 9.67 Å². The SMILES string of the molecule is CN(C)C1=CC=C(/C=C/c2cccc[n+]2CCCCCCO)CC=C1. The molecule has 0 unspecified atom stereocenters. The number of rotatable bonds is 9. The summed E-state index contributed by atoms with van der Waals surface area (Å²) in [6, 6.07) is 6.34. The second-order valence-corrected chi connectivity index (χ2v) is 6.62. The van der Waals surface area contributed by atoms with Gasteiger partial charge in [0.1, 0.15) is 6.54 Å². The van der Waals surface area contributed by atoms with Crippen molar-refractivity contribution in [3.8, 4) is 0 Å². The van der Waals surface area contributed by atoms with Crippen molar-refractivity contribution in [1.82, 2.24) is 4.90 Å². The normalized spacial score (nSPS) is 14.4. The van der Waals surface area contributed by atoms with Crippen LogP contribution in [0.15, 0.2) is 66.0 Å². The molecule has 0 fully saturated rings. The first-order valence-electron chi connectivity index (χ1n) is 9.23. The zero-order valence-corrected chi connectivity index (χ0v) is 15.6. The summed E-state index contributed by atoms with van der Waals surface area (Å²) in [7, 11) is 4.14. The molecule has 1 aromatic heterocycles. The van der Waals surface area contributed by atoms with Crippen molar-refractivity contribution in [1.29, 1.82) is 0 Å². The minimum absolute atomic E-state index is 0.306. The molecular formula is C22H31N2O+. The minimum Gasteiger partial charge on any atom is -0.396 e. The summed E-state index contributed by atoms with van der Waals surface area (Å²) in [5.41, 5.74) is 3.77. The van der Waals surface area contributed by atoms with Gasteiger partial charge in [-0.25, -0.2) is 0 Å². The van der Waals surface area contributed by atoms with Gasteiger partial charge in [0.25, 0.3) is 0 Å². The van der Waals surface area contributed by atoms with Crippen molar-refractivity contribution in [3.63, 3.8) is 0 Å². The standard InChI is InChI=1S/C22H31N2O/c1-23(2)21-12-9-10-20(13-15-21)14-16-22-11-5-7-18-24(22)17-6-3-4-8-19-25/h5,7,9,11-16,18,25H,3-4,6,8,10,17,19H2,1-2H3/q+1. The molecule has 0 atom stereocenters. The quantitative estimate of drug-likeness (QED) is 0.546. The van der Waals surface area contributed by atoms with E-state index in [0.717, 1.165) is 32.2 Å². The summed E-state index contributed by atoms with van der Waals surface area (Å²) < 4.78 is 2.31. The predicted octanol–water partition coefficient (Wildman–Crippen LogP) is 3.87. The topological polar surface area (TPSA) is 27.4 Å². The first kappa shape index (κ1) is 19.2. The third kappa shape index (κ3) is 6.71. The van der Waals surface area contributed by atoms with E-state index in [1.165, 1.54) is 23.4 Å². The van der Waals surface area contributed by atoms with E-state index in [0.29, 0.717) is 6.61 Å². The van der Waals surface area contributed by atoms with E-state index < -0.39 is 0 Å². The van der Waals surface area contributed by atoms with Crippen LogP contribution in [-0.2, 0) is 6.54 Å². The molecule has 0 amide bonds. The summed E-state index contributed by atoms with van der Waals surface area (Å²) in [5.74, 6) is 0. The Bertz CT molecular complexity index is 654. The van der Waals surface area contributed by atoms with Crippen molar-refractivity contribution >= 4 is 6.08 Å². The molecule has 0 bridgehead atoms. The molecule has 0 saturated carbocycles. The molecule has 0 aromatic carbocycles. The maximum atomic E-state index is 8.86. The number of hydrogen-bond acceptors (Lipinski definition) is 2. The first-order chi connectivity index (χ1) is 12.2. The first-order valence-corrected chi connectivity index (χ1v) is 9.23. The number of aliphatic hydroxyl groups excluding tert-OH is 1. The maximum absolute atomic E-state index is 8.86. The van der Waals surface area contributed by atoms with E-state index in [9.17, 15) is 0 Å². The van der Waals surface area contributed by atoms with Gasteiger partial charge in [0, 0.05) is 51.0 Å². The van der Waals surface area contributed by atoms with Gasteiger partial charge >= 0.3 is 0 Å². The van der Waals surface area contributed by atoms with Crippen LogP contribution >= 0.6 is 0 Å². The summed E-state index contributed by atoms with van der Waals surface area (Å²) >= 11 is 0. The molecule has 2 rings (SSSR count). The second-order valence-electron chi connectivity index (χ2n) is 6.62. The van der Waals surface area contributed by atoms with Crippen molar-refractivity contribution in [3.05, 3.63) is 71.7 Å². The summed E-state index contributed by atoms with van der Waals surface area (Å²) in [5, 5.41) is 8.86. The molecule has 0 aliphatic heterocycles. The number of nitrogens with zero attached hydrogens (tertiary/aromatic N) is 2. The predicted molar refractivity (Wildman–Crippen MR) is 105 cm³/mol. The molecule has 134 valence electrons. The highest BCUT2D eigenvalue weighted by molar-refractivity contribution is 5.48. The number of aromatic nitrogens is 1. The molecule has 3 nitrogen and oxygen atoms in total.